The van der Waals surface area contributed by atoms with E-state index in [4.69, 9.17) is 14.9 Å². The molecule has 0 spiro atoms. The van der Waals surface area contributed by atoms with Gasteiger partial charge in [-0.25, -0.2) is 0 Å². The topological polar surface area (TPSA) is 157 Å². The maximum Gasteiger partial charge on any atom is 0.323 e. The van der Waals surface area contributed by atoms with Gasteiger partial charge in [0.15, 0.2) is 5.41 Å². The molecule has 0 radical (unpaired) electrons. The lowest BCUT2D eigenvalue weighted by molar-refractivity contribution is -0.159. The molecule has 0 aromatic carbocycles. The van der Waals surface area contributed by atoms with Gasteiger partial charge in [-0.1, -0.05) is 0 Å². The molecule has 2 heterocycles. The third-order valence-corrected chi connectivity index (χ3v) is 8.66. The molecule has 5 rings (SSSR count). The zero-order chi connectivity index (χ0) is 29.7. The molecule has 0 aromatic heterocycles. The Labute approximate surface area is 235 Å². The first-order chi connectivity index (χ1) is 18.9. The van der Waals surface area contributed by atoms with Crippen LogP contribution in [0.2, 0.25) is 0 Å². The van der Waals surface area contributed by atoms with Crippen LogP contribution in [0.4, 0.5) is 0 Å². The number of carboxylic acids is 1. The average molecular weight is 569 g/mol. The van der Waals surface area contributed by atoms with Crippen LogP contribution in [-0.2, 0) is 33.4 Å². The van der Waals surface area contributed by atoms with E-state index in [0.717, 1.165) is 52.1 Å². The Morgan fingerprint density at radius 3 is 1.27 bits per heavy atom. The molecule has 13 heteroatoms. The van der Waals surface area contributed by atoms with E-state index < -0.39 is 22.8 Å². The molecule has 40 heavy (non-hydrogen) atoms. The van der Waals surface area contributed by atoms with E-state index in [1.54, 1.807) is 4.90 Å². The SMILES string of the molecule is CN1CCN(C(=O)C2(CO)CC2)CC1.COC(=O)C1(C(=O)N2CCN(C)CC2)CC1.COC(=O)C1(C(=O)O)CC1. The zero-order valence-electron chi connectivity index (χ0n) is 24.1. The maximum absolute atomic E-state index is 12.2. The largest absolute Gasteiger partial charge is 0.480 e. The van der Waals surface area contributed by atoms with Gasteiger partial charge >= 0.3 is 17.9 Å². The van der Waals surface area contributed by atoms with Gasteiger partial charge in [-0.05, 0) is 52.6 Å². The maximum atomic E-state index is 12.2. The number of amides is 2. The molecule has 5 aliphatic rings. The predicted molar refractivity (Wildman–Crippen MR) is 142 cm³/mol. The van der Waals surface area contributed by atoms with Crippen LogP contribution in [0.1, 0.15) is 38.5 Å². The second-order valence-electron chi connectivity index (χ2n) is 11.6. The van der Waals surface area contributed by atoms with Gasteiger partial charge in [0.05, 0.1) is 26.2 Å². The van der Waals surface area contributed by atoms with Crippen LogP contribution in [-0.4, -0.2) is 147 Å². The summed E-state index contributed by atoms with van der Waals surface area (Å²) in [6.45, 7) is 6.75. The van der Waals surface area contributed by atoms with Gasteiger partial charge in [-0.2, -0.15) is 0 Å². The average Bonchev–Trinajstić information content (AvgIpc) is 3.84. The van der Waals surface area contributed by atoms with Crippen molar-refractivity contribution < 1.29 is 43.7 Å². The molecule has 226 valence electrons. The van der Waals surface area contributed by atoms with E-state index in [1.165, 1.54) is 14.2 Å². The van der Waals surface area contributed by atoms with E-state index >= 15 is 0 Å². The third-order valence-electron chi connectivity index (χ3n) is 8.66. The van der Waals surface area contributed by atoms with Crippen molar-refractivity contribution in [3.63, 3.8) is 0 Å². The second-order valence-corrected chi connectivity index (χ2v) is 11.6. The second kappa shape index (κ2) is 12.8. The summed E-state index contributed by atoms with van der Waals surface area (Å²) in [7, 11) is 6.65. The highest BCUT2D eigenvalue weighted by Crippen LogP contribution is 2.49. The Morgan fingerprint density at radius 1 is 0.625 bits per heavy atom. The summed E-state index contributed by atoms with van der Waals surface area (Å²) >= 11 is 0. The van der Waals surface area contributed by atoms with Gasteiger partial charge in [0.1, 0.15) is 5.41 Å². The van der Waals surface area contributed by atoms with Crippen LogP contribution in [0.5, 0.6) is 0 Å². The van der Waals surface area contributed by atoms with Crippen molar-refractivity contribution in [3.05, 3.63) is 0 Å². The normalized spacial score (nSPS) is 23.7. The number of ether oxygens (including phenoxy) is 2. The molecule has 2 aliphatic heterocycles. The Hall–Kier alpha value is -2.77. The first-order valence-electron chi connectivity index (χ1n) is 13.9. The molecule has 2 amide bonds. The number of aliphatic hydroxyl groups excluding tert-OH is 1. The molecule has 0 atom stereocenters. The number of hydrogen-bond donors (Lipinski definition) is 2. The van der Waals surface area contributed by atoms with Crippen LogP contribution in [0, 0.1) is 16.2 Å². The Morgan fingerprint density at radius 2 is 1.00 bits per heavy atom. The number of nitrogens with zero attached hydrogens (tertiary/aromatic N) is 4. The summed E-state index contributed by atoms with van der Waals surface area (Å²) in [5, 5.41) is 17.7. The van der Waals surface area contributed by atoms with Crippen LogP contribution in [0.25, 0.3) is 0 Å². The lowest BCUT2D eigenvalue weighted by Crippen LogP contribution is -2.51. The van der Waals surface area contributed by atoms with Gasteiger partial charge in [0.25, 0.3) is 0 Å². The number of esters is 2. The van der Waals surface area contributed by atoms with Gasteiger partial charge in [-0.15, -0.1) is 0 Å². The number of piperazine rings is 2. The summed E-state index contributed by atoms with van der Waals surface area (Å²) in [5.74, 6) is -1.92. The van der Waals surface area contributed by atoms with E-state index in [-0.39, 0.29) is 29.8 Å². The number of likely N-dealkylation sites (N-methyl/N-ethyl adjacent to an activating group) is 2. The highest BCUT2D eigenvalue weighted by Gasteiger charge is 2.59. The minimum Gasteiger partial charge on any atom is -0.480 e. The number of methoxy groups -OCH3 is 2. The summed E-state index contributed by atoms with van der Waals surface area (Å²) in [5.41, 5.74) is -2.39. The molecule has 3 saturated carbocycles. The van der Waals surface area contributed by atoms with Crippen LogP contribution < -0.4 is 0 Å². The number of rotatable bonds is 6. The summed E-state index contributed by atoms with van der Waals surface area (Å²) in [4.78, 5) is 65.0. The molecular formula is C27H44N4O9. The zero-order valence-corrected chi connectivity index (χ0v) is 24.1. The summed E-state index contributed by atoms with van der Waals surface area (Å²) in [6.07, 6.45) is 3.85. The molecule has 0 unspecified atom stereocenters. The number of hydrogen-bond acceptors (Lipinski definition) is 10. The van der Waals surface area contributed by atoms with Crippen molar-refractivity contribution in [1.29, 1.82) is 0 Å². The minimum absolute atomic E-state index is 0.0260. The van der Waals surface area contributed by atoms with E-state index in [2.05, 4.69) is 21.6 Å². The van der Waals surface area contributed by atoms with E-state index in [0.29, 0.717) is 38.8 Å². The fourth-order valence-corrected chi connectivity index (χ4v) is 4.90. The van der Waals surface area contributed by atoms with Crippen molar-refractivity contribution >= 4 is 29.7 Å². The standard InChI is InChI=1S/C11H18N2O3.C10H18N2O2.C6H8O4/c1-12-5-7-13(8-6-12)9(14)11(3-4-11)10(15)16-2;1-11-4-6-12(7-5-11)9(14)10(8-13)2-3-10;1-10-5(9)6(2-3-6)4(7)8/h3-8H2,1-2H3;13H,2-8H2,1H3;2-3H2,1H3,(H,7,8). The quantitative estimate of drug-likeness (QED) is 0.308. The van der Waals surface area contributed by atoms with Crippen molar-refractivity contribution in [1.82, 2.24) is 19.6 Å². The number of aliphatic carboxylic acids is 1. The Kier molecular flexibility index (Phi) is 10.2. The van der Waals surface area contributed by atoms with E-state index in [1.807, 2.05) is 11.9 Å². The number of carbonyl (C=O) groups excluding carboxylic acids is 4. The molecule has 2 saturated heterocycles. The van der Waals surface area contributed by atoms with Crippen molar-refractivity contribution in [2.24, 2.45) is 16.2 Å². The fraction of sp³-hybridized carbons (Fsp3) is 0.815. The van der Waals surface area contributed by atoms with Gasteiger partial charge in [0.2, 0.25) is 11.8 Å². The fourth-order valence-electron chi connectivity index (χ4n) is 4.90. The van der Waals surface area contributed by atoms with Crippen LogP contribution >= 0.6 is 0 Å². The van der Waals surface area contributed by atoms with Crippen molar-refractivity contribution in [2.45, 2.75) is 38.5 Å². The first kappa shape index (κ1) is 31.8. The molecule has 3 aliphatic carbocycles. The highest BCUT2D eigenvalue weighted by molar-refractivity contribution is 6.05. The first-order valence-corrected chi connectivity index (χ1v) is 13.9. The monoisotopic (exact) mass is 568 g/mol. The van der Waals surface area contributed by atoms with Crippen LogP contribution in [0.15, 0.2) is 0 Å². The van der Waals surface area contributed by atoms with Crippen molar-refractivity contribution in [3.8, 4) is 0 Å². The van der Waals surface area contributed by atoms with Crippen LogP contribution in [0.3, 0.4) is 0 Å². The highest BCUT2D eigenvalue weighted by atomic mass is 16.5. The number of carboxylic acid groups (broad SMARTS) is 1. The molecule has 5 fully saturated rings. The molecule has 0 aromatic rings. The molecule has 13 nitrogen and oxygen atoms in total. The molecular weight excluding hydrogens is 524 g/mol. The van der Waals surface area contributed by atoms with Gasteiger partial charge in [-0.3, -0.25) is 24.0 Å². The number of carbonyl (C=O) groups is 5. The van der Waals surface area contributed by atoms with Gasteiger partial charge < -0.3 is 39.3 Å². The Balaban J connectivity index is 0.000000170. The van der Waals surface area contributed by atoms with Gasteiger partial charge in [0, 0.05) is 52.4 Å². The van der Waals surface area contributed by atoms with E-state index in [9.17, 15) is 24.0 Å². The minimum atomic E-state index is -1.19. The number of aliphatic hydroxyl groups is 1. The predicted octanol–water partition coefficient (Wildman–Crippen LogP) is -0.729. The molecule has 0 bridgehead atoms. The summed E-state index contributed by atoms with van der Waals surface area (Å²) < 4.78 is 9.03. The van der Waals surface area contributed by atoms with Crippen molar-refractivity contribution in [2.75, 3.05) is 87.3 Å². The Bertz CT molecular complexity index is 959. The lowest BCUT2D eigenvalue weighted by Gasteiger charge is -2.34. The summed E-state index contributed by atoms with van der Waals surface area (Å²) in [6, 6.07) is 0. The smallest absolute Gasteiger partial charge is 0.323 e. The molecule has 2 N–H and O–H groups in total. The lowest BCUT2D eigenvalue weighted by atomic mass is 10.1. The third kappa shape index (κ3) is 6.92.